The van der Waals surface area contributed by atoms with E-state index in [0.29, 0.717) is 12.8 Å². The van der Waals surface area contributed by atoms with Gasteiger partial charge < -0.3 is 10.5 Å². The van der Waals surface area contributed by atoms with Gasteiger partial charge >= 0.3 is 5.97 Å². The van der Waals surface area contributed by atoms with E-state index in [-0.39, 0.29) is 17.1 Å². The second-order valence-electron chi connectivity index (χ2n) is 5.41. The molecular formula is C12H21NO3. The van der Waals surface area contributed by atoms with Gasteiger partial charge in [0.2, 0.25) is 0 Å². The molecule has 1 unspecified atom stereocenters. The molecule has 0 aromatic heterocycles. The number of ketones is 1. The summed E-state index contributed by atoms with van der Waals surface area (Å²) in [5.74, 6) is -0.268. The Morgan fingerprint density at radius 1 is 1.62 bits per heavy atom. The highest BCUT2D eigenvalue weighted by atomic mass is 16.5. The molecule has 92 valence electrons. The highest BCUT2D eigenvalue weighted by molar-refractivity contribution is 5.83. The third-order valence-electron chi connectivity index (χ3n) is 3.32. The van der Waals surface area contributed by atoms with Gasteiger partial charge in [-0.1, -0.05) is 13.8 Å². The van der Waals surface area contributed by atoms with E-state index in [1.165, 1.54) is 7.11 Å². The van der Waals surface area contributed by atoms with Crippen molar-refractivity contribution in [2.24, 2.45) is 17.1 Å². The number of hydrogen-bond donors (Lipinski definition) is 1. The molecule has 4 heteroatoms. The fourth-order valence-electron chi connectivity index (χ4n) is 2.23. The molecule has 0 heterocycles. The lowest BCUT2D eigenvalue weighted by Crippen LogP contribution is -2.38. The molecule has 1 aliphatic carbocycles. The molecule has 0 aromatic carbocycles. The van der Waals surface area contributed by atoms with Gasteiger partial charge in [-0.3, -0.25) is 9.59 Å². The topological polar surface area (TPSA) is 69.4 Å². The van der Waals surface area contributed by atoms with Crippen LogP contribution in [0.5, 0.6) is 0 Å². The summed E-state index contributed by atoms with van der Waals surface area (Å²) in [5.41, 5.74) is 5.76. The molecule has 0 bridgehead atoms. The Hall–Kier alpha value is -0.900. The van der Waals surface area contributed by atoms with Gasteiger partial charge in [-0.2, -0.15) is 0 Å². The van der Waals surface area contributed by atoms with Crippen molar-refractivity contribution < 1.29 is 14.3 Å². The van der Waals surface area contributed by atoms with Crippen molar-refractivity contribution in [1.29, 1.82) is 0 Å². The number of ether oxygens (including phenoxy) is 1. The van der Waals surface area contributed by atoms with Crippen LogP contribution in [0.4, 0.5) is 0 Å². The maximum absolute atomic E-state index is 11.8. The lowest BCUT2D eigenvalue weighted by atomic mass is 9.71. The van der Waals surface area contributed by atoms with Gasteiger partial charge in [-0.15, -0.1) is 0 Å². The quantitative estimate of drug-likeness (QED) is 0.737. The molecule has 1 rings (SSSR count). The molecule has 0 saturated heterocycles. The van der Waals surface area contributed by atoms with Crippen LogP contribution in [0.3, 0.4) is 0 Å². The second kappa shape index (κ2) is 4.95. The third-order valence-corrected chi connectivity index (χ3v) is 3.32. The van der Waals surface area contributed by atoms with Gasteiger partial charge in [0.05, 0.1) is 7.11 Å². The van der Waals surface area contributed by atoms with E-state index in [1.807, 2.05) is 0 Å². The average molecular weight is 227 g/mol. The van der Waals surface area contributed by atoms with Crippen molar-refractivity contribution in [3.05, 3.63) is 0 Å². The first-order valence-electron chi connectivity index (χ1n) is 5.72. The van der Waals surface area contributed by atoms with Crippen molar-refractivity contribution in [3.63, 3.8) is 0 Å². The highest BCUT2D eigenvalue weighted by Gasteiger charge is 2.35. The van der Waals surface area contributed by atoms with E-state index in [9.17, 15) is 9.59 Å². The smallest absolute Gasteiger partial charge is 0.322 e. The number of rotatable bonds is 3. The summed E-state index contributed by atoms with van der Waals surface area (Å²) in [6, 6.07) is -0.667. The summed E-state index contributed by atoms with van der Waals surface area (Å²) < 4.78 is 4.55. The number of esters is 1. The Labute approximate surface area is 96.5 Å². The first-order chi connectivity index (χ1) is 7.35. The number of Topliss-reactive ketones (excluding diaryl/α,β-unsaturated/α-hetero) is 1. The zero-order valence-electron chi connectivity index (χ0n) is 10.3. The van der Waals surface area contributed by atoms with Crippen LogP contribution < -0.4 is 5.73 Å². The van der Waals surface area contributed by atoms with E-state index in [1.54, 1.807) is 0 Å². The lowest BCUT2D eigenvalue weighted by Gasteiger charge is -2.33. The molecule has 1 fully saturated rings. The first kappa shape index (κ1) is 13.2. The van der Waals surface area contributed by atoms with Crippen LogP contribution in [0.1, 0.15) is 39.5 Å². The SMILES string of the molecule is COC(=O)[C@@H](N)CC1CCC(C)(C)CC1=O. The molecule has 0 radical (unpaired) electrons. The molecule has 2 atom stereocenters. The molecule has 0 aromatic rings. The molecule has 1 aliphatic rings. The number of hydrogen-bond acceptors (Lipinski definition) is 4. The molecule has 1 saturated carbocycles. The van der Waals surface area contributed by atoms with Crippen LogP contribution in [0.25, 0.3) is 0 Å². The van der Waals surface area contributed by atoms with Gasteiger partial charge in [0.1, 0.15) is 11.8 Å². The van der Waals surface area contributed by atoms with Crippen LogP contribution in [-0.4, -0.2) is 24.9 Å². The minimum absolute atomic E-state index is 0.0675. The van der Waals surface area contributed by atoms with Gasteiger partial charge in [0, 0.05) is 12.3 Å². The predicted octanol–water partition coefficient (Wildman–Crippen LogP) is 1.27. The molecule has 0 spiro atoms. The third kappa shape index (κ3) is 3.30. The molecule has 16 heavy (non-hydrogen) atoms. The fourth-order valence-corrected chi connectivity index (χ4v) is 2.23. The number of nitrogens with two attached hydrogens (primary N) is 1. The predicted molar refractivity (Wildman–Crippen MR) is 60.7 cm³/mol. The minimum Gasteiger partial charge on any atom is -0.468 e. The van der Waals surface area contributed by atoms with Crippen LogP contribution in [0.15, 0.2) is 0 Å². The van der Waals surface area contributed by atoms with Crippen molar-refractivity contribution in [1.82, 2.24) is 0 Å². The lowest BCUT2D eigenvalue weighted by molar-refractivity contribution is -0.143. The van der Waals surface area contributed by atoms with Crippen molar-refractivity contribution in [2.75, 3.05) is 7.11 Å². The molecule has 4 nitrogen and oxygen atoms in total. The normalized spacial score (nSPS) is 26.2. The fraction of sp³-hybridized carbons (Fsp3) is 0.833. The zero-order valence-corrected chi connectivity index (χ0v) is 10.3. The summed E-state index contributed by atoms with van der Waals surface area (Å²) in [4.78, 5) is 23.0. The minimum atomic E-state index is -0.667. The largest absolute Gasteiger partial charge is 0.468 e. The first-order valence-corrected chi connectivity index (χ1v) is 5.72. The van der Waals surface area contributed by atoms with Crippen molar-refractivity contribution >= 4 is 11.8 Å². The van der Waals surface area contributed by atoms with E-state index in [0.717, 1.165) is 12.8 Å². The summed E-state index contributed by atoms with van der Waals surface area (Å²) in [6.45, 7) is 4.20. The highest BCUT2D eigenvalue weighted by Crippen LogP contribution is 2.37. The van der Waals surface area contributed by atoms with Crippen LogP contribution in [0, 0.1) is 11.3 Å². The van der Waals surface area contributed by atoms with E-state index in [4.69, 9.17) is 5.73 Å². The second-order valence-corrected chi connectivity index (χ2v) is 5.41. The van der Waals surface area contributed by atoms with Gasteiger partial charge in [-0.05, 0) is 24.7 Å². The molecule has 0 aliphatic heterocycles. The average Bonchev–Trinajstić information content (AvgIpc) is 2.20. The Kier molecular flexibility index (Phi) is 4.08. The number of carbonyl (C=O) groups excluding carboxylic acids is 2. The van der Waals surface area contributed by atoms with Crippen molar-refractivity contribution in [3.8, 4) is 0 Å². The van der Waals surface area contributed by atoms with Crippen molar-refractivity contribution in [2.45, 2.75) is 45.6 Å². The Morgan fingerprint density at radius 2 is 2.25 bits per heavy atom. The zero-order chi connectivity index (χ0) is 12.3. The van der Waals surface area contributed by atoms with Gasteiger partial charge in [0.15, 0.2) is 0 Å². The Morgan fingerprint density at radius 3 is 2.75 bits per heavy atom. The van der Waals surface area contributed by atoms with Crippen LogP contribution >= 0.6 is 0 Å². The Bertz CT molecular complexity index is 286. The van der Waals surface area contributed by atoms with Gasteiger partial charge in [-0.25, -0.2) is 0 Å². The molecule has 0 amide bonds. The molecule has 2 N–H and O–H groups in total. The summed E-state index contributed by atoms with van der Waals surface area (Å²) in [7, 11) is 1.31. The van der Waals surface area contributed by atoms with E-state index in [2.05, 4.69) is 18.6 Å². The summed E-state index contributed by atoms with van der Waals surface area (Å²) in [5, 5.41) is 0. The number of carbonyl (C=O) groups is 2. The molecular weight excluding hydrogens is 206 g/mol. The van der Waals surface area contributed by atoms with E-state index >= 15 is 0 Å². The monoisotopic (exact) mass is 227 g/mol. The summed E-state index contributed by atoms with van der Waals surface area (Å²) >= 11 is 0. The van der Waals surface area contributed by atoms with E-state index < -0.39 is 12.0 Å². The maximum atomic E-state index is 11.8. The van der Waals surface area contributed by atoms with Crippen LogP contribution in [0.2, 0.25) is 0 Å². The van der Waals surface area contributed by atoms with Gasteiger partial charge in [0.25, 0.3) is 0 Å². The maximum Gasteiger partial charge on any atom is 0.322 e. The Balaban J connectivity index is 2.51. The van der Waals surface area contributed by atoms with Crippen LogP contribution in [-0.2, 0) is 14.3 Å². The number of methoxy groups -OCH3 is 1. The summed E-state index contributed by atoms with van der Waals surface area (Å²) in [6.07, 6.45) is 2.85. The standard InChI is InChI=1S/C12H21NO3/c1-12(2)5-4-8(10(14)7-12)6-9(13)11(15)16-3/h8-9H,4-7,13H2,1-3H3/t8?,9-/m0/s1.